The molecule has 2 fully saturated rings. The number of nitrogens with zero attached hydrogens (tertiary/aromatic N) is 5. The maximum absolute atomic E-state index is 4.65. The van der Waals surface area contributed by atoms with Gasteiger partial charge in [0.25, 0.3) is 0 Å². The average molecular weight is 285 g/mol. The molecule has 0 aliphatic carbocycles. The summed E-state index contributed by atoms with van der Waals surface area (Å²) in [6.07, 6.45) is 6.91. The lowest BCUT2D eigenvalue weighted by Gasteiger charge is -2.44. The molecular weight excluding hydrogens is 262 g/mol. The van der Waals surface area contributed by atoms with E-state index in [1.165, 1.54) is 38.2 Å². The maximum Gasteiger partial charge on any atom is 0.157 e. The normalized spacial score (nSPS) is 23.5. The molecule has 0 radical (unpaired) electrons. The Morgan fingerprint density at radius 3 is 3.10 bits per heavy atom. The van der Waals surface area contributed by atoms with Crippen LogP contribution in [0, 0.1) is 0 Å². The number of piperazine rings is 1. The number of fused-ring (bicyclic) bond motifs is 2. The Kier molecular flexibility index (Phi) is 3.30. The summed E-state index contributed by atoms with van der Waals surface area (Å²) in [6.45, 7) is 6.85. The summed E-state index contributed by atoms with van der Waals surface area (Å²) >= 11 is 0. The van der Waals surface area contributed by atoms with Crippen molar-refractivity contribution < 1.29 is 0 Å². The average Bonchev–Trinajstić information content (AvgIpc) is 3.01. The number of rotatable bonds is 2. The first-order chi connectivity index (χ1) is 10.3. The molecule has 21 heavy (non-hydrogen) atoms. The van der Waals surface area contributed by atoms with E-state index >= 15 is 0 Å². The van der Waals surface area contributed by atoms with E-state index < -0.39 is 0 Å². The highest BCUT2D eigenvalue weighted by atomic mass is 15.4. The van der Waals surface area contributed by atoms with E-state index in [9.17, 15) is 0 Å². The molecule has 2 aliphatic heterocycles. The van der Waals surface area contributed by atoms with Crippen molar-refractivity contribution in [3.05, 3.63) is 24.0 Å². The molecule has 0 amide bonds. The number of aryl methyl sites for hydroxylation is 1. The van der Waals surface area contributed by atoms with Gasteiger partial charge in [-0.1, -0.05) is 13.3 Å². The molecule has 1 atom stereocenters. The fourth-order valence-electron chi connectivity index (χ4n) is 3.72. The molecule has 0 bridgehead atoms. The van der Waals surface area contributed by atoms with Gasteiger partial charge in [-0.25, -0.2) is 4.98 Å². The molecule has 0 spiro atoms. The first-order valence-corrected chi connectivity index (χ1v) is 8.18. The Hall–Kier alpha value is -1.62. The molecule has 0 aromatic carbocycles. The van der Waals surface area contributed by atoms with Crippen LogP contribution in [-0.2, 0) is 6.42 Å². The number of aromatic nitrogens is 3. The van der Waals surface area contributed by atoms with Gasteiger partial charge >= 0.3 is 0 Å². The Morgan fingerprint density at radius 1 is 1.24 bits per heavy atom. The van der Waals surface area contributed by atoms with Crippen molar-refractivity contribution in [2.75, 3.05) is 31.1 Å². The second-order valence-corrected chi connectivity index (χ2v) is 6.19. The lowest BCUT2D eigenvalue weighted by molar-refractivity contribution is 0.133. The van der Waals surface area contributed by atoms with Gasteiger partial charge in [0.2, 0.25) is 0 Å². The molecule has 0 N–H and O–H groups in total. The monoisotopic (exact) mass is 285 g/mol. The summed E-state index contributed by atoms with van der Waals surface area (Å²) in [4.78, 5) is 9.83. The van der Waals surface area contributed by atoms with Crippen molar-refractivity contribution in [2.24, 2.45) is 0 Å². The van der Waals surface area contributed by atoms with Crippen LogP contribution in [0.25, 0.3) is 5.65 Å². The number of hydrogen-bond acceptors (Lipinski definition) is 4. The predicted octanol–water partition coefficient (Wildman–Crippen LogP) is 1.97. The van der Waals surface area contributed by atoms with E-state index in [-0.39, 0.29) is 0 Å². The van der Waals surface area contributed by atoms with Crippen molar-refractivity contribution >= 4 is 11.5 Å². The molecule has 112 valence electrons. The Labute approximate surface area is 125 Å². The zero-order valence-corrected chi connectivity index (χ0v) is 12.7. The van der Waals surface area contributed by atoms with E-state index in [1.807, 2.05) is 16.8 Å². The Balaban J connectivity index is 1.67. The van der Waals surface area contributed by atoms with Crippen LogP contribution < -0.4 is 4.90 Å². The van der Waals surface area contributed by atoms with Crippen LogP contribution in [-0.4, -0.2) is 51.7 Å². The van der Waals surface area contributed by atoms with E-state index in [4.69, 9.17) is 0 Å². The van der Waals surface area contributed by atoms with Crippen molar-refractivity contribution in [3.8, 4) is 0 Å². The fraction of sp³-hybridized carbons (Fsp3) is 0.625. The summed E-state index contributed by atoms with van der Waals surface area (Å²) in [5.41, 5.74) is 2.12. The quantitative estimate of drug-likeness (QED) is 0.845. The standard InChI is InChI=1S/C16H23N5/c1-2-13-11-16(21-15(18-13)6-7-17-21)20-10-9-19-8-4-3-5-14(19)12-20/h6-7,11,14H,2-5,8-10,12H2,1H3/t14-/m1/s1. The highest BCUT2D eigenvalue weighted by Gasteiger charge is 2.30. The van der Waals surface area contributed by atoms with Crippen LogP contribution in [0.4, 0.5) is 5.82 Å². The zero-order valence-electron chi connectivity index (χ0n) is 12.7. The van der Waals surface area contributed by atoms with E-state index in [0.29, 0.717) is 0 Å². The minimum atomic E-state index is 0.719. The first kappa shape index (κ1) is 13.1. The fourth-order valence-corrected chi connectivity index (χ4v) is 3.72. The van der Waals surface area contributed by atoms with Crippen LogP contribution in [0.15, 0.2) is 18.3 Å². The summed E-state index contributed by atoms with van der Waals surface area (Å²) in [5.74, 6) is 1.21. The molecule has 4 heterocycles. The van der Waals surface area contributed by atoms with Crippen LogP contribution in [0.2, 0.25) is 0 Å². The van der Waals surface area contributed by atoms with Crippen LogP contribution >= 0.6 is 0 Å². The lowest BCUT2D eigenvalue weighted by atomic mass is 9.99. The second-order valence-electron chi connectivity index (χ2n) is 6.19. The SMILES string of the molecule is CCc1cc(N2CCN3CCCC[C@@H]3C2)n2nccc2n1. The van der Waals surface area contributed by atoms with Gasteiger partial charge in [0, 0.05) is 43.5 Å². The smallest absolute Gasteiger partial charge is 0.157 e. The minimum Gasteiger partial charge on any atom is -0.354 e. The third-order valence-corrected chi connectivity index (χ3v) is 4.92. The van der Waals surface area contributed by atoms with E-state index in [2.05, 4.69) is 32.9 Å². The van der Waals surface area contributed by atoms with E-state index in [1.54, 1.807) is 0 Å². The highest BCUT2D eigenvalue weighted by molar-refractivity contribution is 5.51. The second kappa shape index (κ2) is 5.30. The largest absolute Gasteiger partial charge is 0.354 e. The van der Waals surface area contributed by atoms with Gasteiger partial charge in [-0.05, 0) is 25.8 Å². The van der Waals surface area contributed by atoms with Gasteiger partial charge in [0.1, 0.15) is 5.82 Å². The molecule has 5 heteroatoms. The molecule has 2 aromatic heterocycles. The van der Waals surface area contributed by atoms with Crippen LogP contribution in [0.1, 0.15) is 31.9 Å². The summed E-state index contributed by atoms with van der Waals surface area (Å²) in [6, 6.07) is 4.94. The number of piperidine rings is 1. The summed E-state index contributed by atoms with van der Waals surface area (Å²) in [5, 5.41) is 4.47. The van der Waals surface area contributed by atoms with Crippen molar-refractivity contribution in [2.45, 2.75) is 38.6 Å². The van der Waals surface area contributed by atoms with Gasteiger partial charge in [-0.15, -0.1) is 0 Å². The Bertz CT molecular complexity index is 635. The molecule has 2 aromatic rings. The Morgan fingerprint density at radius 2 is 2.19 bits per heavy atom. The summed E-state index contributed by atoms with van der Waals surface area (Å²) < 4.78 is 2.00. The van der Waals surface area contributed by atoms with Crippen LogP contribution in [0.3, 0.4) is 0 Å². The molecule has 2 saturated heterocycles. The highest BCUT2D eigenvalue weighted by Crippen LogP contribution is 2.25. The third-order valence-electron chi connectivity index (χ3n) is 4.92. The zero-order chi connectivity index (χ0) is 14.2. The van der Waals surface area contributed by atoms with Crippen LogP contribution in [0.5, 0.6) is 0 Å². The van der Waals surface area contributed by atoms with Gasteiger partial charge in [-0.2, -0.15) is 9.61 Å². The molecule has 0 saturated carbocycles. The van der Waals surface area contributed by atoms with Crippen molar-refractivity contribution in [3.63, 3.8) is 0 Å². The first-order valence-electron chi connectivity index (χ1n) is 8.18. The van der Waals surface area contributed by atoms with Gasteiger partial charge < -0.3 is 4.90 Å². The number of hydrogen-bond donors (Lipinski definition) is 0. The summed E-state index contributed by atoms with van der Waals surface area (Å²) in [7, 11) is 0. The maximum atomic E-state index is 4.65. The molecule has 5 nitrogen and oxygen atoms in total. The number of anilines is 1. The molecule has 4 rings (SSSR count). The van der Waals surface area contributed by atoms with Crippen molar-refractivity contribution in [1.29, 1.82) is 0 Å². The molecular formula is C16H23N5. The molecule has 0 unspecified atom stereocenters. The van der Waals surface area contributed by atoms with Gasteiger partial charge in [0.15, 0.2) is 5.65 Å². The topological polar surface area (TPSA) is 36.7 Å². The lowest BCUT2D eigenvalue weighted by Crippen LogP contribution is -2.55. The molecule has 2 aliphatic rings. The third kappa shape index (κ3) is 2.29. The predicted molar refractivity (Wildman–Crippen MR) is 83.8 cm³/mol. The van der Waals surface area contributed by atoms with Gasteiger partial charge in [-0.3, -0.25) is 4.90 Å². The van der Waals surface area contributed by atoms with Gasteiger partial charge in [0.05, 0.1) is 6.20 Å². The van der Waals surface area contributed by atoms with Crippen molar-refractivity contribution in [1.82, 2.24) is 19.5 Å². The van der Waals surface area contributed by atoms with E-state index in [0.717, 1.165) is 36.9 Å². The minimum absolute atomic E-state index is 0.719.